The molecule has 3 N–H and O–H groups in total. The maximum absolute atomic E-state index is 6.07. The van der Waals surface area contributed by atoms with E-state index < -0.39 is 10.2 Å². The molecular weight excluding hydrogens is 192 g/mol. The van der Waals surface area contributed by atoms with E-state index in [1.165, 1.54) is 4.90 Å². The van der Waals surface area contributed by atoms with Crippen LogP contribution < -0.4 is 10.5 Å². The first-order valence-corrected chi connectivity index (χ1v) is 7.28. The molecule has 0 saturated carbocycles. The second kappa shape index (κ2) is 4.24. The van der Waals surface area contributed by atoms with Crippen molar-refractivity contribution in [2.24, 2.45) is 5.14 Å². The maximum atomic E-state index is 6.07. The Hall–Kier alpha value is -0.670. The number of nitrogens with two attached hydrogens (primary N) is 1. The molecule has 80 valence electrons. The molecule has 14 heavy (non-hydrogen) atoms. The standard InChI is InChI=1S/C11H20N2S/c1-9(2)13-10-5-7-11(8-6-10)14(3,4)12/h5-9,13H,12H2,1-4H3. The van der Waals surface area contributed by atoms with Crippen LogP contribution in [0.15, 0.2) is 29.2 Å². The van der Waals surface area contributed by atoms with Gasteiger partial charge in [0, 0.05) is 16.6 Å². The fourth-order valence-electron chi connectivity index (χ4n) is 1.24. The van der Waals surface area contributed by atoms with Gasteiger partial charge in [0.25, 0.3) is 0 Å². The van der Waals surface area contributed by atoms with Crippen molar-refractivity contribution in [1.29, 1.82) is 0 Å². The van der Waals surface area contributed by atoms with E-state index in [2.05, 4.69) is 55.9 Å². The largest absolute Gasteiger partial charge is 0.383 e. The van der Waals surface area contributed by atoms with Crippen LogP contribution in [-0.2, 0) is 0 Å². The third-order valence-corrected chi connectivity index (χ3v) is 3.40. The number of rotatable bonds is 3. The molecule has 0 radical (unpaired) electrons. The van der Waals surface area contributed by atoms with Gasteiger partial charge in [0.2, 0.25) is 0 Å². The Balaban J connectivity index is 2.79. The summed E-state index contributed by atoms with van der Waals surface area (Å²) in [4.78, 5) is 1.24. The molecule has 0 unspecified atom stereocenters. The summed E-state index contributed by atoms with van der Waals surface area (Å²) >= 11 is 0. The van der Waals surface area contributed by atoms with Crippen LogP contribution in [0.4, 0.5) is 5.69 Å². The summed E-state index contributed by atoms with van der Waals surface area (Å²) in [5.41, 5.74) is 1.16. The van der Waals surface area contributed by atoms with Gasteiger partial charge < -0.3 is 5.32 Å². The van der Waals surface area contributed by atoms with Crippen LogP contribution in [0.3, 0.4) is 0 Å². The van der Waals surface area contributed by atoms with Crippen molar-refractivity contribution in [1.82, 2.24) is 0 Å². The minimum absolute atomic E-state index is 0.471. The van der Waals surface area contributed by atoms with E-state index in [4.69, 9.17) is 5.14 Å². The Kier molecular flexibility index (Phi) is 3.45. The van der Waals surface area contributed by atoms with E-state index in [0.29, 0.717) is 6.04 Å². The minimum Gasteiger partial charge on any atom is -0.383 e. The normalized spacial score (nSPS) is 13.0. The maximum Gasteiger partial charge on any atom is 0.0342 e. The van der Waals surface area contributed by atoms with Crippen LogP contribution in [0.1, 0.15) is 13.8 Å². The summed E-state index contributed by atoms with van der Waals surface area (Å²) in [6, 6.07) is 8.88. The van der Waals surface area contributed by atoms with E-state index in [0.717, 1.165) is 5.69 Å². The topological polar surface area (TPSA) is 38.0 Å². The molecule has 1 aromatic carbocycles. The van der Waals surface area contributed by atoms with Crippen LogP contribution in [0.2, 0.25) is 0 Å². The fourth-order valence-corrected chi connectivity index (χ4v) is 2.07. The molecule has 0 spiro atoms. The Morgan fingerprint density at radius 2 is 1.64 bits per heavy atom. The molecular formula is C11H20N2S. The molecule has 0 saturated heterocycles. The smallest absolute Gasteiger partial charge is 0.0342 e. The number of anilines is 1. The first-order chi connectivity index (χ1) is 6.39. The predicted octanol–water partition coefficient (Wildman–Crippen LogP) is 2.80. The highest BCUT2D eigenvalue weighted by Crippen LogP contribution is 2.40. The van der Waals surface area contributed by atoms with Gasteiger partial charge in [0.1, 0.15) is 0 Å². The van der Waals surface area contributed by atoms with Gasteiger partial charge in [-0.1, -0.05) is 0 Å². The number of nitrogens with one attached hydrogen (secondary N) is 1. The zero-order chi connectivity index (χ0) is 10.8. The first kappa shape index (κ1) is 11.4. The summed E-state index contributed by atoms with van der Waals surface area (Å²) in [6.07, 6.45) is 4.19. The van der Waals surface area contributed by atoms with Crippen LogP contribution in [0.5, 0.6) is 0 Å². The van der Waals surface area contributed by atoms with Gasteiger partial charge in [-0.05, 0) is 50.6 Å². The minimum atomic E-state index is -1.08. The molecule has 0 bridgehead atoms. The third kappa shape index (κ3) is 3.24. The Labute approximate surface area is 88.3 Å². The molecule has 3 heteroatoms. The van der Waals surface area contributed by atoms with Gasteiger partial charge in [0.05, 0.1) is 0 Å². The Bertz CT molecular complexity index is 285. The highest BCUT2D eigenvalue weighted by atomic mass is 32.3. The lowest BCUT2D eigenvalue weighted by Crippen LogP contribution is -2.10. The van der Waals surface area contributed by atoms with E-state index >= 15 is 0 Å². The van der Waals surface area contributed by atoms with Gasteiger partial charge >= 0.3 is 0 Å². The highest BCUT2D eigenvalue weighted by molar-refractivity contribution is 8.30. The summed E-state index contributed by atoms with van der Waals surface area (Å²) in [7, 11) is -1.08. The van der Waals surface area contributed by atoms with Crippen molar-refractivity contribution in [3.05, 3.63) is 24.3 Å². The zero-order valence-electron chi connectivity index (χ0n) is 9.37. The Morgan fingerprint density at radius 1 is 1.14 bits per heavy atom. The Morgan fingerprint density at radius 3 is 2.00 bits per heavy atom. The molecule has 2 nitrogen and oxygen atoms in total. The molecule has 0 aliphatic heterocycles. The van der Waals surface area contributed by atoms with E-state index in [1.807, 2.05) is 0 Å². The molecule has 1 aromatic rings. The average Bonchev–Trinajstić information content (AvgIpc) is 2.02. The van der Waals surface area contributed by atoms with Gasteiger partial charge in [-0.15, -0.1) is 0 Å². The first-order valence-electron chi connectivity index (χ1n) is 4.77. The second-order valence-electron chi connectivity index (χ2n) is 4.23. The van der Waals surface area contributed by atoms with E-state index in [-0.39, 0.29) is 0 Å². The molecule has 0 heterocycles. The molecule has 0 aliphatic carbocycles. The van der Waals surface area contributed by atoms with Crippen molar-refractivity contribution in [2.45, 2.75) is 24.8 Å². The fraction of sp³-hybridized carbons (Fsp3) is 0.455. The molecule has 0 fully saturated rings. The number of hydrogen-bond donors (Lipinski definition) is 2. The number of hydrogen-bond acceptors (Lipinski definition) is 2. The van der Waals surface area contributed by atoms with E-state index in [9.17, 15) is 0 Å². The van der Waals surface area contributed by atoms with E-state index in [1.54, 1.807) is 0 Å². The van der Waals surface area contributed by atoms with Crippen molar-refractivity contribution in [3.8, 4) is 0 Å². The lowest BCUT2D eigenvalue weighted by Gasteiger charge is -2.25. The lowest BCUT2D eigenvalue weighted by atomic mass is 10.3. The molecule has 0 aromatic heterocycles. The van der Waals surface area contributed by atoms with Crippen molar-refractivity contribution < 1.29 is 0 Å². The van der Waals surface area contributed by atoms with Crippen LogP contribution in [0, 0.1) is 0 Å². The number of benzene rings is 1. The quantitative estimate of drug-likeness (QED) is 0.808. The predicted molar refractivity (Wildman–Crippen MR) is 67.1 cm³/mol. The summed E-state index contributed by atoms with van der Waals surface area (Å²) in [5.74, 6) is 0. The molecule has 0 aliphatic rings. The van der Waals surface area contributed by atoms with Gasteiger partial charge in [-0.25, -0.2) is 0 Å². The molecule has 0 amide bonds. The summed E-state index contributed by atoms with van der Waals surface area (Å²) in [5, 5.41) is 9.42. The monoisotopic (exact) mass is 212 g/mol. The second-order valence-corrected chi connectivity index (χ2v) is 7.51. The van der Waals surface area contributed by atoms with Crippen molar-refractivity contribution in [2.75, 3.05) is 17.8 Å². The van der Waals surface area contributed by atoms with Crippen LogP contribution >= 0.6 is 10.2 Å². The average molecular weight is 212 g/mol. The van der Waals surface area contributed by atoms with Crippen molar-refractivity contribution in [3.63, 3.8) is 0 Å². The van der Waals surface area contributed by atoms with Gasteiger partial charge in [-0.2, -0.15) is 10.2 Å². The lowest BCUT2D eigenvalue weighted by molar-refractivity contribution is 0.899. The molecule has 1 rings (SSSR count). The van der Waals surface area contributed by atoms with Crippen LogP contribution in [-0.4, -0.2) is 18.6 Å². The van der Waals surface area contributed by atoms with Gasteiger partial charge in [-0.3, -0.25) is 5.14 Å². The van der Waals surface area contributed by atoms with Crippen molar-refractivity contribution >= 4 is 15.9 Å². The van der Waals surface area contributed by atoms with Crippen LogP contribution in [0.25, 0.3) is 0 Å². The highest BCUT2D eigenvalue weighted by Gasteiger charge is 2.07. The van der Waals surface area contributed by atoms with Gasteiger partial charge in [0.15, 0.2) is 0 Å². The summed E-state index contributed by atoms with van der Waals surface area (Å²) < 4.78 is 0. The summed E-state index contributed by atoms with van der Waals surface area (Å²) in [6.45, 7) is 4.26. The zero-order valence-corrected chi connectivity index (χ0v) is 10.2. The third-order valence-electron chi connectivity index (χ3n) is 1.92. The molecule has 0 atom stereocenters. The SMILES string of the molecule is CC(C)Nc1ccc(S(C)(C)N)cc1.